The lowest BCUT2D eigenvalue weighted by Crippen LogP contribution is -2.35. The van der Waals surface area contributed by atoms with Crippen molar-refractivity contribution in [3.63, 3.8) is 0 Å². The molecule has 1 aromatic rings. The van der Waals surface area contributed by atoms with Gasteiger partial charge in [0.25, 0.3) is 0 Å². The average Bonchev–Trinajstić information content (AvgIpc) is 2.31. The number of hydrogen-bond acceptors (Lipinski definition) is 3. The predicted molar refractivity (Wildman–Crippen MR) is 78.1 cm³/mol. The molecule has 0 aromatic heterocycles. The number of aryl methyl sites for hydroxylation is 1. The Morgan fingerprint density at radius 2 is 1.94 bits per heavy atom. The summed E-state index contributed by atoms with van der Waals surface area (Å²) >= 11 is 1.59. The molecule has 100 valence electrons. The molecular formula is C14H22N2OS. The van der Waals surface area contributed by atoms with E-state index in [0.29, 0.717) is 6.54 Å². The number of hydrogen-bond donors (Lipinski definition) is 1. The fourth-order valence-corrected chi connectivity index (χ4v) is 2.31. The molecule has 1 N–H and O–H groups in total. The van der Waals surface area contributed by atoms with Crippen molar-refractivity contribution < 1.29 is 4.79 Å². The maximum atomic E-state index is 11.8. The van der Waals surface area contributed by atoms with Gasteiger partial charge in [-0.05, 0) is 40.1 Å². The van der Waals surface area contributed by atoms with Gasteiger partial charge in [-0.15, -0.1) is 11.8 Å². The minimum absolute atomic E-state index is 0.0603. The summed E-state index contributed by atoms with van der Waals surface area (Å²) in [6.45, 7) is 5.57. The quantitative estimate of drug-likeness (QED) is 0.801. The molecule has 1 aromatic carbocycles. The SMILES string of the molecule is Cc1ccc(S[C@H](C)C(=O)NCCN(C)C)cc1. The van der Waals surface area contributed by atoms with Crippen LogP contribution in [-0.4, -0.2) is 43.2 Å². The van der Waals surface area contributed by atoms with Gasteiger partial charge in [-0.25, -0.2) is 0 Å². The zero-order chi connectivity index (χ0) is 13.5. The average molecular weight is 266 g/mol. The molecule has 0 saturated heterocycles. The first-order chi connectivity index (χ1) is 8.49. The van der Waals surface area contributed by atoms with E-state index in [2.05, 4.69) is 41.4 Å². The van der Waals surface area contributed by atoms with Gasteiger partial charge in [0.1, 0.15) is 0 Å². The molecule has 0 bridgehead atoms. The standard InChI is InChI=1S/C14H22N2OS/c1-11-5-7-13(8-6-11)18-12(2)14(17)15-9-10-16(3)4/h5-8,12H,9-10H2,1-4H3,(H,15,17)/t12-/m1/s1. The summed E-state index contributed by atoms with van der Waals surface area (Å²) in [6, 6.07) is 8.26. The molecule has 1 atom stereocenters. The molecule has 18 heavy (non-hydrogen) atoms. The summed E-state index contributed by atoms with van der Waals surface area (Å²) < 4.78 is 0. The number of nitrogens with one attached hydrogen (secondary N) is 1. The highest BCUT2D eigenvalue weighted by molar-refractivity contribution is 8.00. The van der Waals surface area contributed by atoms with Gasteiger partial charge < -0.3 is 10.2 Å². The minimum Gasteiger partial charge on any atom is -0.354 e. The summed E-state index contributed by atoms with van der Waals surface area (Å²) in [5.41, 5.74) is 1.24. The van der Waals surface area contributed by atoms with Crippen LogP contribution < -0.4 is 5.32 Å². The number of amides is 1. The van der Waals surface area contributed by atoms with E-state index in [1.54, 1.807) is 11.8 Å². The van der Waals surface area contributed by atoms with Gasteiger partial charge in [-0.1, -0.05) is 17.7 Å². The molecule has 1 rings (SSSR count). The van der Waals surface area contributed by atoms with Gasteiger partial charge in [-0.2, -0.15) is 0 Å². The third kappa shape index (κ3) is 5.56. The lowest BCUT2D eigenvalue weighted by Gasteiger charge is -2.14. The number of thioether (sulfide) groups is 1. The Hall–Kier alpha value is -1.00. The Morgan fingerprint density at radius 1 is 1.33 bits per heavy atom. The van der Waals surface area contributed by atoms with Gasteiger partial charge in [-0.3, -0.25) is 4.79 Å². The largest absolute Gasteiger partial charge is 0.354 e. The van der Waals surface area contributed by atoms with E-state index in [9.17, 15) is 4.79 Å². The van der Waals surface area contributed by atoms with Crippen LogP contribution >= 0.6 is 11.8 Å². The third-order valence-corrected chi connectivity index (χ3v) is 3.67. The smallest absolute Gasteiger partial charge is 0.233 e. The van der Waals surface area contributed by atoms with Gasteiger partial charge in [0, 0.05) is 18.0 Å². The van der Waals surface area contributed by atoms with Crippen LogP contribution in [-0.2, 0) is 4.79 Å². The zero-order valence-electron chi connectivity index (χ0n) is 11.6. The Balaban J connectivity index is 2.37. The molecule has 0 aliphatic carbocycles. The molecular weight excluding hydrogens is 244 g/mol. The monoisotopic (exact) mass is 266 g/mol. The van der Waals surface area contributed by atoms with Gasteiger partial charge in [0.05, 0.1) is 5.25 Å². The second-order valence-electron chi connectivity index (χ2n) is 4.67. The van der Waals surface area contributed by atoms with Crippen molar-refractivity contribution in [3.05, 3.63) is 29.8 Å². The van der Waals surface area contributed by atoms with Crippen molar-refractivity contribution in [3.8, 4) is 0 Å². The molecule has 0 radical (unpaired) electrons. The van der Waals surface area contributed by atoms with E-state index in [1.165, 1.54) is 5.56 Å². The number of benzene rings is 1. The van der Waals surface area contributed by atoms with Crippen LogP contribution in [0.15, 0.2) is 29.2 Å². The van der Waals surface area contributed by atoms with Crippen molar-refractivity contribution >= 4 is 17.7 Å². The minimum atomic E-state index is -0.0603. The van der Waals surface area contributed by atoms with E-state index in [4.69, 9.17) is 0 Å². The molecule has 0 saturated carbocycles. The van der Waals surface area contributed by atoms with Crippen LogP contribution in [0.1, 0.15) is 12.5 Å². The van der Waals surface area contributed by atoms with Crippen LogP contribution in [0.4, 0.5) is 0 Å². The Morgan fingerprint density at radius 3 is 2.50 bits per heavy atom. The molecule has 0 heterocycles. The third-order valence-electron chi connectivity index (χ3n) is 2.56. The van der Waals surface area contributed by atoms with Crippen LogP contribution in [0.2, 0.25) is 0 Å². The second kappa shape index (κ2) is 7.44. The van der Waals surface area contributed by atoms with Crippen molar-refractivity contribution in [2.45, 2.75) is 24.0 Å². The highest BCUT2D eigenvalue weighted by atomic mass is 32.2. The Labute approximate surface area is 114 Å². The highest BCUT2D eigenvalue weighted by Gasteiger charge is 2.13. The molecule has 4 heteroatoms. The first-order valence-electron chi connectivity index (χ1n) is 6.15. The van der Waals surface area contributed by atoms with E-state index >= 15 is 0 Å². The van der Waals surface area contributed by atoms with Crippen LogP contribution in [0.3, 0.4) is 0 Å². The van der Waals surface area contributed by atoms with E-state index in [1.807, 2.05) is 21.0 Å². The maximum Gasteiger partial charge on any atom is 0.233 e. The number of nitrogens with zero attached hydrogens (tertiary/aromatic N) is 1. The fraction of sp³-hybridized carbons (Fsp3) is 0.500. The van der Waals surface area contributed by atoms with Gasteiger partial charge in [0.15, 0.2) is 0 Å². The molecule has 0 spiro atoms. The second-order valence-corrected chi connectivity index (χ2v) is 6.08. The van der Waals surface area contributed by atoms with Crippen molar-refractivity contribution in [2.75, 3.05) is 27.2 Å². The number of carbonyl (C=O) groups excluding carboxylic acids is 1. The van der Waals surface area contributed by atoms with Crippen LogP contribution in [0, 0.1) is 6.92 Å². The molecule has 0 aliphatic heterocycles. The Kier molecular flexibility index (Phi) is 6.22. The lowest BCUT2D eigenvalue weighted by molar-refractivity contribution is -0.120. The highest BCUT2D eigenvalue weighted by Crippen LogP contribution is 2.23. The van der Waals surface area contributed by atoms with Gasteiger partial charge >= 0.3 is 0 Å². The van der Waals surface area contributed by atoms with E-state index in [0.717, 1.165) is 11.4 Å². The fourth-order valence-electron chi connectivity index (χ4n) is 1.42. The first-order valence-corrected chi connectivity index (χ1v) is 7.03. The number of carbonyl (C=O) groups is 1. The molecule has 1 amide bonds. The van der Waals surface area contributed by atoms with Crippen LogP contribution in [0.25, 0.3) is 0 Å². The Bertz CT molecular complexity index is 376. The normalized spacial score (nSPS) is 12.5. The number of rotatable bonds is 6. The summed E-state index contributed by atoms with van der Waals surface area (Å²) in [4.78, 5) is 15.0. The van der Waals surface area contributed by atoms with Gasteiger partial charge in [0.2, 0.25) is 5.91 Å². The summed E-state index contributed by atoms with van der Waals surface area (Å²) in [6.07, 6.45) is 0. The topological polar surface area (TPSA) is 32.3 Å². The molecule has 0 unspecified atom stereocenters. The molecule has 0 fully saturated rings. The van der Waals surface area contributed by atoms with Crippen molar-refractivity contribution in [1.29, 1.82) is 0 Å². The zero-order valence-corrected chi connectivity index (χ0v) is 12.4. The lowest BCUT2D eigenvalue weighted by atomic mass is 10.2. The molecule has 3 nitrogen and oxygen atoms in total. The number of likely N-dealkylation sites (N-methyl/N-ethyl adjacent to an activating group) is 1. The summed E-state index contributed by atoms with van der Waals surface area (Å²) in [7, 11) is 3.99. The molecule has 0 aliphatic rings. The maximum absolute atomic E-state index is 11.8. The summed E-state index contributed by atoms with van der Waals surface area (Å²) in [5, 5.41) is 2.88. The van der Waals surface area contributed by atoms with Crippen molar-refractivity contribution in [1.82, 2.24) is 10.2 Å². The van der Waals surface area contributed by atoms with E-state index in [-0.39, 0.29) is 11.2 Å². The first kappa shape index (κ1) is 15.1. The van der Waals surface area contributed by atoms with Crippen LogP contribution in [0.5, 0.6) is 0 Å². The van der Waals surface area contributed by atoms with E-state index < -0.39 is 0 Å². The summed E-state index contributed by atoms with van der Waals surface area (Å²) in [5.74, 6) is 0.0995. The van der Waals surface area contributed by atoms with Crippen molar-refractivity contribution in [2.24, 2.45) is 0 Å². The predicted octanol–water partition coefficient (Wildman–Crippen LogP) is 2.15.